The summed E-state index contributed by atoms with van der Waals surface area (Å²) in [5, 5.41) is -0.0365. The van der Waals surface area contributed by atoms with Gasteiger partial charge in [-0.1, -0.05) is 0 Å². The quantitative estimate of drug-likeness (QED) is 0.589. The summed E-state index contributed by atoms with van der Waals surface area (Å²) in [5.74, 6) is 0. The van der Waals surface area contributed by atoms with Gasteiger partial charge in [0.15, 0.2) is 5.03 Å². The molecule has 3 nitrogen and oxygen atoms in total. The van der Waals surface area contributed by atoms with Gasteiger partial charge in [0.1, 0.15) is 0 Å². The highest BCUT2D eigenvalue weighted by Crippen LogP contribution is 2.43. The average molecular weight is 473 g/mol. The number of halogens is 4. The average Bonchev–Trinajstić information content (AvgIpc) is 2.02. The number of aromatic nitrogens is 1. The number of sulfone groups is 1. The van der Waals surface area contributed by atoms with E-state index in [9.17, 15) is 8.42 Å². The summed E-state index contributed by atoms with van der Waals surface area (Å²) in [6.07, 6.45) is 1.41. The van der Waals surface area contributed by atoms with E-state index in [1.165, 1.54) is 6.20 Å². The summed E-state index contributed by atoms with van der Waals surface area (Å²) < 4.78 is 22.7. The summed E-state index contributed by atoms with van der Waals surface area (Å²) in [7, 11) is -3.62. The standard InChI is InChI=1S/C6H3Br4NO2S/c7-4-2-1-3-11-5(4)14(12,13)6(8,9)10/h1-3H. The Morgan fingerprint density at radius 1 is 1.29 bits per heavy atom. The van der Waals surface area contributed by atoms with Crippen molar-refractivity contribution in [1.82, 2.24) is 4.98 Å². The Hall–Kier alpha value is 1.02. The lowest BCUT2D eigenvalue weighted by molar-refractivity contribution is 0.594. The Labute approximate surface area is 115 Å². The van der Waals surface area contributed by atoms with Gasteiger partial charge in [-0.2, -0.15) is 0 Å². The van der Waals surface area contributed by atoms with Crippen LogP contribution in [0.15, 0.2) is 27.8 Å². The van der Waals surface area contributed by atoms with Crippen LogP contribution < -0.4 is 0 Å². The predicted molar refractivity (Wildman–Crippen MR) is 68.6 cm³/mol. The molecule has 0 aliphatic carbocycles. The first-order valence-corrected chi connectivity index (χ1v) is 7.84. The summed E-state index contributed by atoms with van der Waals surface area (Å²) >= 11 is 12.0. The zero-order valence-corrected chi connectivity index (χ0v) is 13.6. The molecule has 0 aromatic carbocycles. The third-order valence-corrected chi connectivity index (χ3v) is 7.47. The number of hydrogen-bond donors (Lipinski definition) is 0. The number of nitrogens with zero attached hydrogens (tertiary/aromatic N) is 1. The van der Waals surface area contributed by atoms with E-state index < -0.39 is 11.3 Å². The molecule has 0 unspecified atom stereocenters. The lowest BCUT2D eigenvalue weighted by Crippen LogP contribution is -2.19. The van der Waals surface area contributed by atoms with Crippen molar-refractivity contribution in [2.45, 2.75) is 6.50 Å². The van der Waals surface area contributed by atoms with E-state index in [0.717, 1.165) is 0 Å². The molecule has 0 aliphatic rings. The molecular weight excluding hydrogens is 470 g/mol. The fourth-order valence-corrected chi connectivity index (χ4v) is 3.70. The zero-order valence-electron chi connectivity index (χ0n) is 6.42. The van der Waals surface area contributed by atoms with Crippen LogP contribution in [0.4, 0.5) is 0 Å². The monoisotopic (exact) mass is 469 g/mol. The van der Waals surface area contributed by atoms with Crippen LogP contribution in [-0.4, -0.2) is 14.9 Å². The largest absolute Gasteiger partial charge is 0.244 e. The van der Waals surface area contributed by atoms with Crippen molar-refractivity contribution in [1.29, 1.82) is 0 Å². The SMILES string of the molecule is O=S(=O)(c1ncccc1Br)C(Br)(Br)Br. The second-order valence-electron chi connectivity index (χ2n) is 2.24. The third kappa shape index (κ3) is 2.58. The highest BCUT2D eigenvalue weighted by Gasteiger charge is 2.39. The molecular formula is C6H3Br4NO2S. The molecule has 0 fully saturated rings. The second-order valence-corrected chi connectivity index (χ2v) is 13.4. The van der Waals surface area contributed by atoms with Gasteiger partial charge in [-0.25, -0.2) is 13.4 Å². The Morgan fingerprint density at radius 3 is 2.29 bits per heavy atom. The van der Waals surface area contributed by atoms with Crippen molar-refractivity contribution in [2.24, 2.45) is 0 Å². The number of pyridine rings is 1. The lowest BCUT2D eigenvalue weighted by Gasteiger charge is -2.13. The van der Waals surface area contributed by atoms with Gasteiger partial charge in [0, 0.05) is 6.20 Å². The molecule has 1 aromatic heterocycles. The van der Waals surface area contributed by atoms with Crippen molar-refractivity contribution < 1.29 is 8.42 Å². The first kappa shape index (κ1) is 13.1. The van der Waals surface area contributed by atoms with Gasteiger partial charge in [0.25, 0.3) is 0 Å². The van der Waals surface area contributed by atoms with E-state index >= 15 is 0 Å². The van der Waals surface area contributed by atoms with Gasteiger partial charge >= 0.3 is 0 Å². The topological polar surface area (TPSA) is 47.0 Å². The first-order valence-electron chi connectivity index (χ1n) is 3.18. The molecule has 78 valence electrons. The minimum absolute atomic E-state index is 0.0365. The first-order chi connectivity index (χ1) is 6.27. The molecule has 1 aromatic rings. The third-order valence-electron chi connectivity index (χ3n) is 1.28. The molecule has 1 rings (SSSR count). The van der Waals surface area contributed by atoms with Gasteiger partial charge in [0.2, 0.25) is 11.3 Å². The molecule has 1 heterocycles. The number of alkyl halides is 3. The second kappa shape index (κ2) is 4.48. The van der Waals surface area contributed by atoms with Crippen LogP contribution in [0.5, 0.6) is 0 Å². The zero-order chi connectivity index (χ0) is 11.0. The van der Waals surface area contributed by atoms with Gasteiger partial charge < -0.3 is 0 Å². The summed E-state index contributed by atoms with van der Waals surface area (Å²) in [6.45, 7) is 0. The molecule has 0 amide bonds. The Bertz CT molecular complexity index is 439. The maximum atomic E-state index is 11.8. The van der Waals surface area contributed by atoms with Crippen LogP contribution in [-0.2, 0) is 9.84 Å². The molecule has 0 saturated carbocycles. The van der Waals surface area contributed by atoms with Gasteiger partial charge in [-0.05, 0) is 75.9 Å². The van der Waals surface area contributed by atoms with E-state index in [2.05, 4.69) is 68.7 Å². The van der Waals surface area contributed by atoms with E-state index in [-0.39, 0.29) is 5.03 Å². The van der Waals surface area contributed by atoms with Gasteiger partial charge in [0.05, 0.1) is 4.47 Å². The molecule has 0 bridgehead atoms. The Balaban J connectivity index is 3.40. The number of hydrogen-bond acceptors (Lipinski definition) is 3. The highest BCUT2D eigenvalue weighted by molar-refractivity contribution is 9.42. The molecule has 0 atom stereocenters. The minimum Gasteiger partial charge on any atom is -0.244 e. The molecule has 14 heavy (non-hydrogen) atoms. The molecule has 8 heteroatoms. The fraction of sp³-hybridized carbons (Fsp3) is 0.167. The van der Waals surface area contributed by atoms with E-state index in [0.29, 0.717) is 4.47 Å². The van der Waals surface area contributed by atoms with Crippen LogP contribution in [0.25, 0.3) is 0 Å². The Morgan fingerprint density at radius 2 is 1.86 bits per heavy atom. The van der Waals surface area contributed by atoms with Crippen LogP contribution in [0.3, 0.4) is 0 Å². The fourth-order valence-electron chi connectivity index (χ4n) is 0.679. The maximum absolute atomic E-state index is 11.8. The van der Waals surface area contributed by atoms with E-state index in [1.54, 1.807) is 12.1 Å². The molecule has 0 saturated heterocycles. The molecule has 0 N–H and O–H groups in total. The van der Waals surface area contributed by atoms with E-state index in [4.69, 9.17) is 0 Å². The van der Waals surface area contributed by atoms with Crippen LogP contribution in [0.2, 0.25) is 0 Å². The molecule has 0 spiro atoms. The maximum Gasteiger partial charge on any atom is 0.240 e. The summed E-state index contributed by atoms with van der Waals surface area (Å²) in [5.41, 5.74) is 0. The predicted octanol–water partition coefficient (Wildman–Crippen LogP) is 3.41. The van der Waals surface area contributed by atoms with Crippen LogP contribution in [0, 0.1) is 0 Å². The van der Waals surface area contributed by atoms with Crippen molar-refractivity contribution in [3.05, 3.63) is 22.8 Å². The minimum atomic E-state index is -3.62. The van der Waals surface area contributed by atoms with Gasteiger partial charge in [-0.3, -0.25) is 0 Å². The van der Waals surface area contributed by atoms with Crippen molar-refractivity contribution in [2.75, 3.05) is 0 Å². The lowest BCUT2D eigenvalue weighted by atomic mass is 10.5. The van der Waals surface area contributed by atoms with Gasteiger partial charge in [-0.15, -0.1) is 0 Å². The molecule has 0 aliphatic heterocycles. The van der Waals surface area contributed by atoms with Crippen molar-refractivity contribution in [3.8, 4) is 0 Å². The Kier molecular flexibility index (Phi) is 4.19. The van der Waals surface area contributed by atoms with Crippen LogP contribution in [0.1, 0.15) is 0 Å². The molecule has 0 radical (unpaired) electrons. The van der Waals surface area contributed by atoms with Crippen molar-refractivity contribution >= 4 is 73.6 Å². The summed E-state index contributed by atoms with van der Waals surface area (Å²) in [6, 6.07) is 3.25. The van der Waals surface area contributed by atoms with Crippen LogP contribution >= 0.6 is 63.7 Å². The number of rotatable bonds is 1. The van der Waals surface area contributed by atoms with Crippen molar-refractivity contribution in [3.63, 3.8) is 0 Å². The highest BCUT2D eigenvalue weighted by atomic mass is 80.0. The smallest absolute Gasteiger partial charge is 0.240 e. The summed E-state index contributed by atoms with van der Waals surface area (Å²) in [4.78, 5) is 3.79. The normalized spacial score (nSPS) is 12.9. The van der Waals surface area contributed by atoms with E-state index in [1.807, 2.05) is 0 Å².